The van der Waals surface area contributed by atoms with Crippen LogP contribution in [0, 0.1) is 6.92 Å². The molecule has 1 aromatic rings. The van der Waals surface area contributed by atoms with Gasteiger partial charge in [0, 0.05) is 12.1 Å². The molecule has 14 heavy (non-hydrogen) atoms. The number of amides is 1. The molecule has 1 aromatic carbocycles. The summed E-state index contributed by atoms with van der Waals surface area (Å²) in [5.74, 6) is 0. The highest BCUT2D eigenvalue weighted by Gasteiger charge is 2.13. The summed E-state index contributed by atoms with van der Waals surface area (Å²) in [4.78, 5) is 11.7. The van der Waals surface area contributed by atoms with Gasteiger partial charge < -0.3 is 5.11 Å². The lowest BCUT2D eigenvalue weighted by molar-refractivity contribution is 0.203. The van der Waals surface area contributed by atoms with E-state index in [4.69, 9.17) is 28.3 Å². The van der Waals surface area contributed by atoms with E-state index in [2.05, 4.69) is 0 Å². The fourth-order valence-electron chi connectivity index (χ4n) is 1.00. The van der Waals surface area contributed by atoms with Crippen molar-refractivity contribution in [2.75, 3.05) is 11.9 Å². The van der Waals surface area contributed by atoms with Crippen molar-refractivity contribution >= 4 is 35.0 Å². The molecule has 0 saturated heterocycles. The van der Waals surface area contributed by atoms with Gasteiger partial charge >= 0.3 is 6.09 Å². The van der Waals surface area contributed by atoms with Gasteiger partial charge in [-0.05, 0) is 24.6 Å². The van der Waals surface area contributed by atoms with Gasteiger partial charge in [-0.1, -0.05) is 23.2 Å². The number of benzene rings is 1. The number of nitrogens with zero attached hydrogens (tertiary/aromatic N) is 1. The van der Waals surface area contributed by atoms with Crippen molar-refractivity contribution < 1.29 is 9.90 Å². The Morgan fingerprint density at radius 3 is 2.43 bits per heavy atom. The third-order valence-electron chi connectivity index (χ3n) is 1.88. The maximum Gasteiger partial charge on any atom is 0.411 e. The number of aryl methyl sites for hydroxylation is 1. The van der Waals surface area contributed by atoms with Gasteiger partial charge in [-0.25, -0.2) is 4.79 Å². The van der Waals surface area contributed by atoms with Crippen molar-refractivity contribution in [2.24, 2.45) is 0 Å². The zero-order chi connectivity index (χ0) is 10.9. The highest BCUT2D eigenvalue weighted by molar-refractivity contribution is 6.37. The minimum Gasteiger partial charge on any atom is -0.465 e. The van der Waals surface area contributed by atoms with E-state index in [0.717, 1.165) is 10.5 Å². The van der Waals surface area contributed by atoms with Crippen LogP contribution in [0.2, 0.25) is 10.0 Å². The minimum atomic E-state index is -1.06. The lowest BCUT2D eigenvalue weighted by Gasteiger charge is -2.15. The molecule has 1 rings (SSSR count). The van der Waals surface area contributed by atoms with Crippen LogP contribution in [0.1, 0.15) is 5.56 Å². The van der Waals surface area contributed by atoms with Crippen LogP contribution in [-0.4, -0.2) is 18.2 Å². The summed E-state index contributed by atoms with van der Waals surface area (Å²) in [6.07, 6.45) is -1.06. The smallest absolute Gasteiger partial charge is 0.411 e. The van der Waals surface area contributed by atoms with Crippen molar-refractivity contribution in [3.05, 3.63) is 27.7 Å². The molecule has 1 amide bonds. The van der Waals surface area contributed by atoms with E-state index in [1.54, 1.807) is 13.0 Å². The second-order valence-corrected chi connectivity index (χ2v) is 3.71. The highest BCUT2D eigenvalue weighted by atomic mass is 35.5. The van der Waals surface area contributed by atoms with Crippen LogP contribution < -0.4 is 4.90 Å². The number of halogens is 2. The lowest BCUT2D eigenvalue weighted by Crippen LogP contribution is -2.24. The number of hydrogen-bond donors (Lipinski definition) is 1. The van der Waals surface area contributed by atoms with Crippen molar-refractivity contribution in [3.63, 3.8) is 0 Å². The van der Waals surface area contributed by atoms with Gasteiger partial charge in [0.05, 0.1) is 10.7 Å². The molecule has 0 fully saturated rings. The van der Waals surface area contributed by atoms with Crippen LogP contribution in [0.4, 0.5) is 10.5 Å². The number of hydrogen-bond acceptors (Lipinski definition) is 1. The molecule has 0 aromatic heterocycles. The van der Waals surface area contributed by atoms with Gasteiger partial charge in [-0.3, -0.25) is 4.90 Å². The lowest BCUT2D eigenvalue weighted by atomic mass is 10.2. The predicted octanol–water partition coefficient (Wildman–Crippen LogP) is 3.42. The molecule has 3 nitrogen and oxygen atoms in total. The third-order valence-corrected chi connectivity index (χ3v) is 2.59. The Hall–Kier alpha value is -0.930. The van der Waals surface area contributed by atoms with E-state index in [1.807, 2.05) is 0 Å². The van der Waals surface area contributed by atoms with E-state index >= 15 is 0 Å². The predicted molar refractivity (Wildman–Crippen MR) is 57.6 cm³/mol. The summed E-state index contributed by atoms with van der Waals surface area (Å²) in [6.45, 7) is 1.79. The van der Waals surface area contributed by atoms with Crippen LogP contribution in [-0.2, 0) is 0 Å². The number of rotatable bonds is 1. The van der Waals surface area contributed by atoms with Crippen LogP contribution in [0.5, 0.6) is 0 Å². The molecule has 1 N–H and O–H groups in total. The number of carboxylic acid groups (broad SMARTS) is 1. The summed E-state index contributed by atoms with van der Waals surface area (Å²) in [5, 5.41) is 9.60. The number of anilines is 1. The minimum absolute atomic E-state index is 0.325. The topological polar surface area (TPSA) is 40.5 Å². The van der Waals surface area contributed by atoms with Crippen molar-refractivity contribution in [1.29, 1.82) is 0 Å². The van der Waals surface area contributed by atoms with Gasteiger partial charge in [-0.2, -0.15) is 0 Å². The summed E-state index contributed by atoms with van der Waals surface area (Å²) in [6, 6.07) is 3.17. The monoisotopic (exact) mass is 233 g/mol. The quantitative estimate of drug-likeness (QED) is 0.808. The Labute approximate surface area is 91.8 Å². The summed E-state index contributed by atoms with van der Waals surface area (Å²) in [7, 11) is 1.43. The first kappa shape index (κ1) is 11.1. The van der Waals surface area contributed by atoms with Crippen molar-refractivity contribution in [3.8, 4) is 0 Å². The Kier molecular flexibility index (Phi) is 3.24. The summed E-state index contributed by atoms with van der Waals surface area (Å²) >= 11 is 11.7. The Bertz CT molecular complexity index is 379. The van der Waals surface area contributed by atoms with E-state index in [9.17, 15) is 4.79 Å². The fourth-order valence-corrected chi connectivity index (χ4v) is 1.51. The van der Waals surface area contributed by atoms with Crippen LogP contribution in [0.15, 0.2) is 12.1 Å². The van der Waals surface area contributed by atoms with Crippen molar-refractivity contribution in [1.82, 2.24) is 0 Å². The SMILES string of the molecule is Cc1cc(N(C)C(=O)O)c(Cl)cc1Cl. The molecule has 0 unspecified atom stereocenters. The van der Waals surface area contributed by atoms with Gasteiger partial charge in [0.15, 0.2) is 0 Å². The van der Waals surface area contributed by atoms with Crippen LogP contribution >= 0.6 is 23.2 Å². The fraction of sp³-hybridized carbons (Fsp3) is 0.222. The molecule has 76 valence electrons. The van der Waals surface area contributed by atoms with E-state index in [0.29, 0.717) is 15.7 Å². The second-order valence-electron chi connectivity index (χ2n) is 2.89. The average Bonchev–Trinajstić information content (AvgIpc) is 2.10. The molecule has 0 aliphatic heterocycles. The highest BCUT2D eigenvalue weighted by Crippen LogP contribution is 2.30. The third kappa shape index (κ3) is 2.11. The molecule has 0 spiro atoms. The zero-order valence-electron chi connectivity index (χ0n) is 7.71. The van der Waals surface area contributed by atoms with Gasteiger partial charge in [0.1, 0.15) is 0 Å². The van der Waals surface area contributed by atoms with E-state index in [-0.39, 0.29) is 0 Å². The largest absolute Gasteiger partial charge is 0.465 e. The Balaban J connectivity index is 3.22. The molecular weight excluding hydrogens is 225 g/mol. The van der Waals surface area contributed by atoms with E-state index in [1.165, 1.54) is 13.1 Å². The molecular formula is C9H9Cl2NO2. The first-order valence-electron chi connectivity index (χ1n) is 3.85. The van der Waals surface area contributed by atoms with Crippen LogP contribution in [0.25, 0.3) is 0 Å². The second kappa shape index (κ2) is 4.07. The zero-order valence-corrected chi connectivity index (χ0v) is 9.23. The van der Waals surface area contributed by atoms with E-state index < -0.39 is 6.09 Å². The first-order chi connectivity index (χ1) is 6.43. The molecule has 0 heterocycles. The number of carbonyl (C=O) groups is 1. The maximum atomic E-state index is 10.7. The molecule has 0 saturated carbocycles. The molecule has 0 bridgehead atoms. The first-order valence-corrected chi connectivity index (χ1v) is 4.61. The Morgan fingerprint density at radius 1 is 1.36 bits per heavy atom. The standard InChI is InChI=1S/C9H9Cl2NO2/c1-5-3-8(12(2)9(13)14)7(11)4-6(5)10/h3-4H,1-2H3,(H,13,14). The summed E-state index contributed by atoms with van der Waals surface area (Å²) in [5.41, 5.74) is 1.22. The maximum absolute atomic E-state index is 10.7. The van der Waals surface area contributed by atoms with Gasteiger partial charge in [0.25, 0.3) is 0 Å². The molecule has 0 aliphatic carbocycles. The normalized spacial score (nSPS) is 10.0. The molecule has 0 aliphatic rings. The van der Waals surface area contributed by atoms with Crippen molar-refractivity contribution in [2.45, 2.75) is 6.92 Å². The molecule has 0 radical (unpaired) electrons. The molecule has 5 heteroatoms. The van der Waals surface area contributed by atoms with Crippen LogP contribution in [0.3, 0.4) is 0 Å². The summed E-state index contributed by atoms with van der Waals surface area (Å²) < 4.78 is 0. The Morgan fingerprint density at radius 2 is 1.93 bits per heavy atom. The van der Waals surface area contributed by atoms with Gasteiger partial charge in [-0.15, -0.1) is 0 Å². The van der Waals surface area contributed by atoms with Gasteiger partial charge in [0.2, 0.25) is 0 Å². The molecule has 0 atom stereocenters. The average molecular weight is 234 g/mol.